The first-order chi connectivity index (χ1) is 6.36. The summed E-state index contributed by atoms with van der Waals surface area (Å²) in [5.41, 5.74) is 0. The molecule has 0 bridgehead atoms. The van der Waals surface area contributed by atoms with Crippen LogP contribution in [-0.2, 0) is 4.74 Å². The smallest absolute Gasteiger partial charge is 0.0619 e. The van der Waals surface area contributed by atoms with Gasteiger partial charge in [-0.05, 0) is 25.7 Å². The van der Waals surface area contributed by atoms with Gasteiger partial charge in [0.2, 0.25) is 0 Å². The van der Waals surface area contributed by atoms with E-state index in [4.69, 9.17) is 4.74 Å². The first-order valence-corrected chi connectivity index (χ1v) is 5.68. The second-order valence-corrected chi connectivity index (χ2v) is 3.86. The molecule has 2 rings (SSSR count). The number of nitrogens with zero attached hydrogens (tertiary/aromatic N) is 1. The molecule has 2 aliphatic rings. The Hall–Kier alpha value is -0.0800. The van der Waals surface area contributed by atoms with Crippen LogP contribution in [0.3, 0.4) is 0 Å². The van der Waals surface area contributed by atoms with Crippen LogP contribution in [0.15, 0.2) is 0 Å². The highest BCUT2D eigenvalue weighted by atomic mass is 16.5. The van der Waals surface area contributed by atoms with E-state index in [0.717, 1.165) is 25.7 Å². The monoisotopic (exact) mass is 185 g/mol. The van der Waals surface area contributed by atoms with Crippen LogP contribution in [0.4, 0.5) is 0 Å². The lowest BCUT2D eigenvalue weighted by molar-refractivity contribution is -0.00230. The van der Waals surface area contributed by atoms with Gasteiger partial charge >= 0.3 is 0 Å². The lowest BCUT2D eigenvalue weighted by Gasteiger charge is -2.33. The molecule has 2 nitrogen and oxygen atoms in total. The van der Waals surface area contributed by atoms with E-state index < -0.39 is 0 Å². The number of hydrogen-bond acceptors (Lipinski definition) is 2. The Morgan fingerprint density at radius 1 is 1.31 bits per heavy atom. The summed E-state index contributed by atoms with van der Waals surface area (Å²) >= 11 is 0. The van der Waals surface area contributed by atoms with E-state index in [9.17, 15) is 0 Å². The van der Waals surface area contributed by atoms with Crippen molar-refractivity contribution in [2.45, 2.75) is 39.7 Å². The number of rotatable bonds is 2. The van der Waals surface area contributed by atoms with Crippen molar-refractivity contribution in [3.63, 3.8) is 0 Å². The minimum atomic E-state index is 0.657. The fraction of sp³-hybridized carbons (Fsp3) is 1.00. The van der Waals surface area contributed by atoms with Crippen LogP contribution < -0.4 is 0 Å². The standard InChI is InChI=1S/C9H17NO.C2H6/c1-8-7-11-5-4-10(8)6-9-2-3-9;1-2/h8-9H,2-7H2,1H3;1-2H3/t8-;/m1./s1. The van der Waals surface area contributed by atoms with E-state index in [2.05, 4.69) is 11.8 Å². The van der Waals surface area contributed by atoms with Crippen molar-refractivity contribution in [3.05, 3.63) is 0 Å². The second kappa shape index (κ2) is 5.61. The third-order valence-corrected chi connectivity index (χ3v) is 2.69. The van der Waals surface area contributed by atoms with E-state index in [1.165, 1.54) is 19.4 Å². The van der Waals surface area contributed by atoms with E-state index in [-0.39, 0.29) is 0 Å². The van der Waals surface area contributed by atoms with Gasteiger partial charge in [-0.15, -0.1) is 0 Å². The Labute approximate surface area is 82.3 Å². The van der Waals surface area contributed by atoms with Gasteiger partial charge in [0.1, 0.15) is 0 Å². The van der Waals surface area contributed by atoms with Gasteiger partial charge < -0.3 is 4.74 Å². The van der Waals surface area contributed by atoms with Crippen LogP contribution in [0, 0.1) is 5.92 Å². The predicted octanol–water partition coefficient (Wildman–Crippen LogP) is 2.14. The maximum absolute atomic E-state index is 5.37. The molecule has 13 heavy (non-hydrogen) atoms. The maximum Gasteiger partial charge on any atom is 0.0619 e. The molecular formula is C11H23NO. The van der Waals surface area contributed by atoms with Gasteiger partial charge in [0.15, 0.2) is 0 Å². The first-order valence-electron chi connectivity index (χ1n) is 5.68. The van der Waals surface area contributed by atoms with Crippen LogP contribution >= 0.6 is 0 Å². The molecule has 0 aromatic rings. The lowest BCUT2D eigenvalue weighted by atomic mass is 10.2. The van der Waals surface area contributed by atoms with Gasteiger partial charge in [0.05, 0.1) is 13.2 Å². The normalized spacial score (nSPS) is 29.3. The largest absolute Gasteiger partial charge is 0.379 e. The van der Waals surface area contributed by atoms with Gasteiger partial charge in [-0.1, -0.05) is 13.8 Å². The molecule has 2 heteroatoms. The number of ether oxygens (including phenoxy) is 1. The summed E-state index contributed by atoms with van der Waals surface area (Å²) in [6, 6.07) is 0.657. The second-order valence-electron chi connectivity index (χ2n) is 3.86. The highest BCUT2D eigenvalue weighted by Gasteiger charge is 2.27. The summed E-state index contributed by atoms with van der Waals surface area (Å²) in [4.78, 5) is 2.57. The van der Waals surface area contributed by atoms with Crippen molar-refractivity contribution >= 4 is 0 Å². The summed E-state index contributed by atoms with van der Waals surface area (Å²) in [6.45, 7) is 10.6. The Balaban J connectivity index is 0.000000396. The highest BCUT2D eigenvalue weighted by molar-refractivity contribution is 4.80. The van der Waals surface area contributed by atoms with Crippen LogP contribution in [0.5, 0.6) is 0 Å². The predicted molar refractivity (Wildman–Crippen MR) is 55.9 cm³/mol. The van der Waals surface area contributed by atoms with Crippen LogP contribution in [-0.4, -0.2) is 37.2 Å². The zero-order valence-corrected chi connectivity index (χ0v) is 9.25. The quantitative estimate of drug-likeness (QED) is 0.653. The van der Waals surface area contributed by atoms with E-state index in [0.29, 0.717) is 6.04 Å². The molecule has 1 aliphatic heterocycles. The SMILES string of the molecule is CC.C[C@@H]1COCCN1CC1CC1. The summed E-state index contributed by atoms with van der Waals surface area (Å²) in [5, 5.41) is 0. The molecule has 1 saturated carbocycles. The van der Waals surface area contributed by atoms with Crippen molar-refractivity contribution in [3.8, 4) is 0 Å². The third kappa shape index (κ3) is 3.65. The summed E-state index contributed by atoms with van der Waals surface area (Å²) in [7, 11) is 0. The number of hydrogen-bond donors (Lipinski definition) is 0. The molecule has 0 unspecified atom stereocenters. The van der Waals surface area contributed by atoms with Gasteiger partial charge in [0, 0.05) is 19.1 Å². The molecular weight excluding hydrogens is 162 g/mol. The molecule has 0 aromatic heterocycles. The van der Waals surface area contributed by atoms with Gasteiger partial charge in [-0.2, -0.15) is 0 Å². The Kier molecular flexibility index (Phi) is 4.74. The van der Waals surface area contributed by atoms with Gasteiger partial charge in [-0.25, -0.2) is 0 Å². The van der Waals surface area contributed by atoms with Crippen LogP contribution in [0.2, 0.25) is 0 Å². The zero-order valence-electron chi connectivity index (χ0n) is 9.25. The molecule has 1 heterocycles. The van der Waals surface area contributed by atoms with Gasteiger partial charge in [-0.3, -0.25) is 4.90 Å². The van der Waals surface area contributed by atoms with E-state index >= 15 is 0 Å². The fourth-order valence-corrected chi connectivity index (χ4v) is 1.66. The molecule has 2 fully saturated rings. The molecule has 0 spiro atoms. The summed E-state index contributed by atoms with van der Waals surface area (Å²) in [5.74, 6) is 1.02. The van der Waals surface area contributed by atoms with Crippen molar-refractivity contribution in [1.29, 1.82) is 0 Å². The average molecular weight is 185 g/mol. The summed E-state index contributed by atoms with van der Waals surface area (Å²) < 4.78 is 5.37. The third-order valence-electron chi connectivity index (χ3n) is 2.69. The van der Waals surface area contributed by atoms with Crippen LogP contribution in [0.1, 0.15) is 33.6 Å². The van der Waals surface area contributed by atoms with Gasteiger partial charge in [0.25, 0.3) is 0 Å². The highest BCUT2D eigenvalue weighted by Crippen LogP contribution is 2.30. The first kappa shape index (κ1) is 11.0. The van der Waals surface area contributed by atoms with E-state index in [1.807, 2.05) is 13.8 Å². The minimum Gasteiger partial charge on any atom is -0.379 e. The summed E-state index contributed by atoms with van der Waals surface area (Å²) in [6.07, 6.45) is 2.92. The fourth-order valence-electron chi connectivity index (χ4n) is 1.66. The molecule has 0 N–H and O–H groups in total. The van der Waals surface area contributed by atoms with E-state index in [1.54, 1.807) is 0 Å². The topological polar surface area (TPSA) is 12.5 Å². The Bertz CT molecular complexity index is 134. The molecule has 78 valence electrons. The zero-order chi connectivity index (χ0) is 9.68. The number of morpholine rings is 1. The molecule has 0 radical (unpaired) electrons. The maximum atomic E-state index is 5.37. The molecule has 0 aromatic carbocycles. The average Bonchev–Trinajstić information content (AvgIpc) is 2.96. The molecule has 1 saturated heterocycles. The van der Waals surface area contributed by atoms with Crippen LogP contribution in [0.25, 0.3) is 0 Å². The molecule has 1 aliphatic carbocycles. The Morgan fingerprint density at radius 2 is 2.00 bits per heavy atom. The molecule has 0 amide bonds. The Morgan fingerprint density at radius 3 is 2.54 bits per heavy atom. The van der Waals surface area contributed by atoms with Crippen molar-refractivity contribution in [2.24, 2.45) is 5.92 Å². The van der Waals surface area contributed by atoms with Crippen molar-refractivity contribution in [1.82, 2.24) is 4.90 Å². The lowest BCUT2D eigenvalue weighted by Crippen LogP contribution is -2.44. The molecule has 1 atom stereocenters. The minimum absolute atomic E-state index is 0.657. The van der Waals surface area contributed by atoms with Crippen molar-refractivity contribution < 1.29 is 4.74 Å². The van der Waals surface area contributed by atoms with Crippen molar-refractivity contribution in [2.75, 3.05) is 26.3 Å².